The number of aliphatic hydroxyl groups excluding tert-OH is 1. The number of nitrogens with zero attached hydrogens (tertiary/aromatic N) is 1. The zero-order valence-corrected chi connectivity index (χ0v) is 36.3. The fourth-order valence-corrected chi connectivity index (χ4v) is 6.49. The van der Waals surface area contributed by atoms with Crippen molar-refractivity contribution in [3.63, 3.8) is 0 Å². The number of carbonyl (C=O) groups is 1. The number of quaternary nitrogens is 1. The van der Waals surface area contributed by atoms with E-state index >= 15 is 0 Å². The Hall–Kier alpha value is -1.80. The Morgan fingerprint density at radius 1 is 0.667 bits per heavy atom. The molecule has 314 valence electrons. The van der Waals surface area contributed by atoms with Crippen molar-refractivity contribution in [3.8, 4) is 0 Å². The minimum Gasteiger partial charge on any atom is -0.756 e. The Morgan fingerprint density at radius 3 is 1.72 bits per heavy atom. The van der Waals surface area contributed by atoms with Crippen LogP contribution in [0.15, 0.2) is 60.8 Å². The number of amides is 1. The van der Waals surface area contributed by atoms with E-state index in [0.717, 1.165) is 57.8 Å². The predicted octanol–water partition coefficient (Wildman–Crippen LogP) is 11.2. The molecule has 8 nitrogen and oxygen atoms in total. The Kier molecular flexibility index (Phi) is 35.6. The third-order valence-electron chi connectivity index (χ3n) is 9.21. The highest BCUT2D eigenvalue weighted by Crippen LogP contribution is 2.38. The molecule has 0 aromatic carbocycles. The number of aliphatic hydroxyl groups is 1. The smallest absolute Gasteiger partial charge is 0.268 e. The average molecular weight is 779 g/mol. The first-order chi connectivity index (χ1) is 26.0. The maximum atomic E-state index is 12.8. The number of rotatable bonds is 38. The number of allylic oxidation sites excluding steroid dienone is 9. The summed E-state index contributed by atoms with van der Waals surface area (Å²) < 4.78 is 23.1. The van der Waals surface area contributed by atoms with Gasteiger partial charge < -0.3 is 28.8 Å². The van der Waals surface area contributed by atoms with E-state index in [1.54, 1.807) is 6.08 Å². The normalized spacial score (nSPS) is 15.0. The number of unbranched alkanes of at least 4 members (excludes halogenated alkanes) is 17. The van der Waals surface area contributed by atoms with Crippen LogP contribution in [0.2, 0.25) is 0 Å². The molecule has 0 aliphatic heterocycles. The summed E-state index contributed by atoms with van der Waals surface area (Å²) >= 11 is 0. The molecular weight excluding hydrogens is 695 g/mol. The van der Waals surface area contributed by atoms with E-state index in [2.05, 4.69) is 67.8 Å². The van der Waals surface area contributed by atoms with Gasteiger partial charge in [-0.25, -0.2) is 0 Å². The first-order valence-electron chi connectivity index (χ1n) is 21.7. The Labute approximate surface area is 332 Å². The second kappa shape index (κ2) is 36.8. The lowest BCUT2D eigenvalue weighted by Crippen LogP contribution is -2.45. The highest BCUT2D eigenvalue weighted by atomic mass is 31.2. The molecule has 0 radical (unpaired) electrons. The molecule has 0 fully saturated rings. The Morgan fingerprint density at radius 2 is 1.15 bits per heavy atom. The molecule has 9 heteroatoms. The third-order valence-corrected chi connectivity index (χ3v) is 10.2. The molecule has 1 amide bonds. The van der Waals surface area contributed by atoms with Gasteiger partial charge in [0.1, 0.15) is 13.2 Å². The van der Waals surface area contributed by atoms with Crippen LogP contribution in [0.1, 0.15) is 168 Å². The second-order valence-corrected chi connectivity index (χ2v) is 17.1. The van der Waals surface area contributed by atoms with Crippen LogP contribution in [0, 0.1) is 0 Å². The molecule has 54 heavy (non-hydrogen) atoms. The van der Waals surface area contributed by atoms with E-state index in [1.807, 2.05) is 27.2 Å². The molecule has 0 aromatic heterocycles. The summed E-state index contributed by atoms with van der Waals surface area (Å²) in [5.41, 5.74) is 0. The third kappa shape index (κ3) is 38.5. The minimum atomic E-state index is -4.60. The zero-order valence-electron chi connectivity index (χ0n) is 35.4. The molecule has 0 saturated heterocycles. The highest BCUT2D eigenvalue weighted by Gasteiger charge is 2.23. The first-order valence-corrected chi connectivity index (χ1v) is 23.1. The highest BCUT2D eigenvalue weighted by molar-refractivity contribution is 7.45. The first kappa shape index (κ1) is 52.2. The lowest BCUT2D eigenvalue weighted by atomic mass is 10.0. The summed E-state index contributed by atoms with van der Waals surface area (Å²) in [6.07, 6.45) is 47.1. The molecule has 0 spiro atoms. The van der Waals surface area contributed by atoms with Crippen LogP contribution in [-0.2, 0) is 18.4 Å². The van der Waals surface area contributed by atoms with Gasteiger partial charge in [-0.3, -0.25) is 9.36 Å². The molecule has 0 heterocycles. The van der Waals surface area contributed by atoms with Gasteiger partial charge in [-0.15, -0.1) is 0 Å². The predicted molar refractivity (Wildman–Crippen MR) is 228 cm³/mol. The second-order valence-electron chi connectivity index (χ2n) is 15.7. The summed E-state index contributed by atoms with van der Waals surface area (Å²) in [6, 6.07) is -0.919. The minimum absolute atomic E-state index is 0.0147. The molecule has 3 unspecified atom stereocenters. The van der Waals surface area contributed by atoms with Gasteiger partial charge in [0.15, 0.2) is 0 Å². The van der Waals surface area contributed by atoms with Crippen molar-refractivity contribution < 1.29 is 32.9 Å². The Balaban J connectivity index is 4.53. The van der Waals surface area contributed by atoms with Gasteiger partial charge in [-0.05, 0) is 64.2 Å². The van der Waals surface area contributed by atoms with Crippen molar-refractivity contribution in [2.75, 3.05) is 40.9 Å². The number of hydrogen-bond acceptors (Lipinski definition) is 6. The van der Waals surface area contributed by atoms with E-state index in [-0.39, 0.29) is 12.5 Å². The maximum Gasteiger partial charge on any atom is 0.268 e. The van der Waals surface area contributed by atoms with Crippen LogP contribution in [0.25, 0.3) is 0 Å². The number of hydrogen-bond donors (Lipinski definition) is 2. The molecule has 2 N–H and O–H groups in total. The summed E-state index contributed by atoms with van der Waals surface area (Å²) in [5, 5.41) is 13.7. The number of nitrogens with one attached hydrogen (secondary N) is 1. The molecule has 0 aromatic rings. The standard InChI is InChI=1S/C45H83N2O6P/c1-6-8-10-12-14-16-18-20-21-22-23-24-25-27-28-30-32-34-36-38-44(48)43(42-53-54(50,51)52-41-40-47(3,4)5)46-45(49)39-37-35-33-31-29-26-19-17-15-13-11-9-7-2/h9,11,15,17,26,28-30,36,38,43-44,48H,6-8,10,12-14,16,18-25,27,31-35,37,39-42H2,1-5H3,(H-,46,49,50,51)/b11-9-,17-15-,29-26-,30-28+,38-36+. The largest absolute Gasteiger partial charge is 0.756 e. The molecule has 0 rings (SSSR count). The quantitative estimate of drug-likeness (QED) is 0.0280. The number of phosphoric acid groups is 1. The zero-order chi connectivity index (χ0) is 40.0. The number of carbonyl (C=O) groups excluding carboxylic acids is 1. The lowest BCUT2D eigenvalue weighted by Gasteiger charge is -2.29. The van der Waals surface area contributed by atoms with Gasteiger partial charge in [-0.1, -0.05) is 158 Å². The van der Waals surface area contributed by atoms with E-state index in [1.165, 1.54) is 83.5 Å². The fourth-order valence-electron chi connectivity index (χ4n) is 5.77. The number of likely N-dealkylation sites (N-methyl/N-ethyl adjacent to an activating group) is 1. The number of phosphoric ester groups is 1. The SMILES string of the molecule is CC/C=C\C/C=C\C/C=C\CCCCCC(=O)NC(COP(=O)([O-])OCC[N+](C)(C)C)C(O)/C=C/CC/C=C/CCCCCCCCCCCCCCC. The Bertz CT molecular complexity index is 1060. The molecule has 0 aliphatic rings. The summed E-state index contributed by atoms with van der Waals surface area (Å²) in [4.78, 5) is 25.2. The van der Waals surface area contributed by atoms with Crippen molar-refractivity contribution in [3.05, 3.63) is 60.8 Å². The molecule has 0 saturated carbocycles. The average Bonchev–Trinajstić information content (AvgIpc) is 3.12. The van der Waals surface area contributed by atoms with Crippen molar-refractivity contribution in [2.45, 2.75) is 180 Å². The van der Waals surface area contributed by atoms with Crippen molar-refractivity contribution in [1.29, 1.82) is 0 Å². The van der Waals surface area contributed by atoms with Crippen molar-refractivity contribution in [1.82, 2.24) is 5.32 Å². The summed E-state index contributed by atoms with van der Waals surface area (Å²) in [7, 11) is 1.21. The van der Waals surface area contributed by atoms with E-state index in [4.69, 9.17) is 9.05 Å². The topological polar surface area (TPSA) is 108 Å². The molecule has 3 atom stereocenters. The molecule has 0 bridgehead atoms. The van der Waals surface area contributed by atoms with Crippen LogP contribution in [0.4, 0.5) is 0 Å². The fraction of sp³-hybridized carbons (Fsp3) is 0.756. The summed E-state index contributed by atoms with van der Waals surface area (Å²) in [6.45, 7) is 4.47. The summed E-state index contributed by atoms with van der Waals surface area (Å²) in [5.74, 6) is -0.239. The van der Waals surface area contributed by atoms with Crippen LogP contribution in [-0.4, -0.2) is 68.5 Å². The van der Waals surface area contributed by atoms with E-state index in [0.29, 0.717) is 23.9 Å². The van der Waals surface area contributed by atoms with Gasteiger partial charge >= 0.3 is 0 Å². The van der Waals surface area contributed by atoms with Crippen LogP contribution >= 0.6 is 7.82 Å². The van der Waals surface area contributed by atoms with Crippen LogP contribution < -0.4 is 10.2 Å². The van der Waals surface area contributed by atoms with Crippen molar-refractivity contribution >= 4 is 13.7 Å². The van der Waals surface area contributed by atoms with Gasteiger partial charge in [0.25, 0.3) is 7.82 Å². The molecule has 0 aliphatic carbocycles. The van der Waals surface area contributed by atoms with E-state index in [9.17, 15) is 19.4 Å². The molecular formula is C45H83N2O6P. The monoisotopic (exact) mass is 779 g/mol. The van der Waals surface area contributed by atoms with Crippen LogP contribution in [0.5, 0.6) is 0 Å². The maximum absolute atomic E-state index is 12.8. The van der Waals surface area contributed by atoms with Gasteiger partial charge in [0.2, 0.25) is 5.91 Å². The van der Waals surface area contributed by atoms with E-state index < -0.39 is 26.6 Å². The van der Waals surface area contributed by atoms with Crippen LogP contribution in [0.3, 0.4) is 0 Å². The van der Waals surface area contributed by atoms with Gasteiger partial charge in [-0.2, -0.15) is 0 Å². The van der Waals surface area contributed by atoms with Gasteiger partial charge in [0.05, 0.1) is 39.9 Å². The van der Waals surface area contributed by atoms with Crippen molar-refractivity contribution in [2.24, 2.45) is 0 Å². The van der Waals surface area contributed by atoms with Gasteiger partial charge in [0, 0.05) is 6.42 Å². The lowest BCUT2D eigenvalue weighted by molar-refractivity contribution is -0.870.